The first kappa shape index (κ1) is 20.9. The topological polar surface area (TPSA) is 89.3 Å². The molecule has 1 fully saturated rings. The molecule has 1 aliphatic rings. The van der Waals surface area contributed by atoms with Crippen molar-refractivity contribution in [2.24, 2.45) is 5.92 Å². The minimum absolute atomic E-state index is 0.0871. The van der Waals surface area contributed by atoms with E-state index in [2.05, 4.69) is 31.7 Å². The van der Waals surface area contributed by atoms with Gasteiger partial charge in [-0.3, -0.25) is 14.3 Å². The van der Waals surface area contributed by atoms with Crippen LogP contribution in [0.1, 0.15) is 56.6 Å². The number of hydrogen-bond donors (Lipinski definition) is 1. The average molecular weight is 447 g/mol. The van der Waals surface area contributed by atoms with Crippen LogP contribution in [0.15, 0.2) is 58.7 Å². The van der Waals surface area contributed by atoms with E-state index in [0.717, 1.165) is 23.0 Å². The molecule has 1 aromatic carbocycles. The largest absolute Gasteiger partial charge is 0.309 e. The molecule has 1 N–H and O–H groups in total. The molecule has 3 aromatic heterocycles. The molecule has 0 unspecified atom stereocenters. The monoisotopic (exact) mass is 446 g/mol. The normalized spacial score (nSPS) is 19.8. The highest BCUT2D eigenvalue weighted by molar-refractivity contribution is 7.99. The maximum absolute atomic E-state index is 12.6. The van der Waals surface area contributed by atoms with E-state index in [1.165, 1.54) is 19.3 Å². The van der Waals surface area contributed by atoms with E-state index in [-0.39, 0.29) is 10.8 Å². The predicted octanol–water partition coefficient (Wildman–Crippen LogP) is 5.18. The number of thioether (sulfide) groups is 1. The van der Waals surface area contributed by atoms with Crippen LogP contribution in [-0.2, 0) is 0 Å². The Kier molecular flexibility index (Phi) is 5.78. The van der Waals surface area contributed by atoms with Gasteiger partial charge in [0.1, 0.15) is 5.82 Å². The number of benzene rings is 1. The third kappa shape index (κ3) is 3.95. The Morgan fingerprint density at radius 3 is 2.78 bits per heavy atom. The Balaban J connectivity index is 1.53. The van der Waals surface area contributed by atoms with Crippen LogP contribution >= 0.6 is 11.8 Å². The van der Waals surface area contributed by atoms with Gasteiger partial charge in [0.15, 0.2) is 11.0 Å². The van der Waals surface area contributed by atoms with Crippen LogP contribution in [0, 0.1) is 5.92 Å². The molecule has 0 saturated heterocycles. The van der Waals surface area contributed by atoms with Crippen LogP contribution in [0.25, 0.3) is 22.3 Å². The van der Waals surface area contributed by atoms with Gasteiger partial charge in [-0.1, -0.05) is 43.7 Å². The van der Waals surface area contributed by atoms with Gasteiger partial charge in [-0.25, -0.2) is 4.98 Å². The number of H-pyrrole nitrogens is 1. The molecule has 1 saturated carbocycles. The third-order valence-electron chi connectivity index (χ3n) is 6.28. The summed E-state index contributed by atoms with van der Waals surface area (Å²) >= 11 is 1.59. The number of fused-ring (bicyclic) bond motifs is 1. The maximum atomic E-state index is 12.6. The van der Waals surface area contributed by atoms with Gasteiger partial charge in [0.25, 0.3) is 5.56 Å². The van der Waals surface area contributed by atoms with Gasteiger partial charge < -0.3 is 4.98 Å². The number of nitrogens with zero attached hydrogens (tertiary/aromatic N) is 5. The molecular weight excluding hydrogens is 420 g/mol. The molecular formula is C24H26N6OS. The summed E-state index contributed by atoms with van der Waals surface area (Å²) in [7, 11) is 0. The molecule has 3 atom stereocenters. The number of hydrogen-bond acceptors (Lipinski definition) is 6. The van der Waals surface area contributed by atoms with Crippen molar-refractivity contribution in [3.63, 3.8) is 0 Å². The smallest absolute Gasteiger partial charge is 0.258 e. The van der Waals surface area contributed by atoms with E-state index in [1.54, 1.807) is 24.0 Å². The van der Waals surface area contributed by atoms with Crippen LogP contribution in [-0.4, -0.2) is 29.7 Å². The molecule has 5 rings (SSSR count). The van der Waals surface area contributed by atoms with Gasteiger partial charge in [-0.05, 0) is 49.9 Å². The standard InChI is InChI=1S/C24H26N6OS/c1-15-8-3-6-12-20(15)30-22(17-9-7-13-25-14-17)28-29-24(30)32-16(2)21-26-19-11-5-4-10-18(19)23(31)27-21/h4-5,7,9-11,13-16,20H,3,6,8,12H2,1-2H3,(H,26,27,31)/t15-,16+,20-/m0/s1. The number of rotatable bonds is 5. The molecule has 8 heteroatoms. The summed E-state index contributed by atoms with van der Waals surface area (Å²) < 4.78 is 2.29. The summed E-state index contributed by atoms with van der Waals surface area (Å²) in [4.78, 5) is 24.5. The van der Waals surface area contributed by atoms with Gasteiger partial charge in [-0.2, -0.15) is 0 Å². The van der Waals surface area contributed by atoms with Crippen LogP contribution in [0.2, 0.25) is 0 Å². The van der Waals surface area contributed by atoms with Crippen molar-refractivity contribution in [2.75, 3.05) is 0 Å². The maximum Gasteiger partial charge on any atom is 0.258 e. The summed E-state index contributed by atoms with van der Waals surface area (Å²) in [6.07, 6.45) is 8.40. The van der Waals surface area contributed by atoms with Gasteiger partial charge >= 0.3 is 0 Å². The zero-order valence-corrected chi connectivity index (χ0v) is 19.0. The lowest BCUT2D eigenvalue weighted by atomic mass is 9.85. The Bertz CT molecular complexity index is 1280. The minimum atomic E-state index is -0.114. The molecule has 7 nitrogen and oxygen atoms in total. The Morgan fingerprint density at radius 1 is 1.12 bits per heavy atom. The number of para-hydroxylation sites is 1. The number of nitrogens with one attached hydrogen (secondary N) is 1. The number of pyridine rings is 1. The van der Waals surface area contributed by atoms with Gasteiger partial charge in [0.05, 0.1) is 16.2 Å². The van der Waals surface area contributed by atoms with E-state index >= 15 is 0 Å². The fourth-order valence-corrected chi connectivity index (χ4v) is 5.50. The zero-order chi connectivity index (χ0) is 22.1. The first-order chi connectivity index (χ1) is 15.6. The van der Waals surface area contributed by atoms with Crippen LogP contribution < -0.4 is 5.56 Å². The van der Waals surface area contributed by atoms with E-state index < -0.39 is 0 Å². The lowest BCUT2D eigenvalue weighted by Gasteiger charge is -2.31. The Morgan fingerprint density at radius 2 is 1.97 bits per heavy atom. The third-order valence-corrected chi connectivity index (χ3v) is 7.35. The molecule has 164 valence electrons. The molecule has 0 amide bonds. The van der Waals surface area contributed by atoms with Crippen molar-refractivity contribution in [2.45, 2.75) is 56.0 Å². The average Bonchev–Trinajstić information content (AvgIpc) is 3.23. The molecule has 4 aromatic rings. The second kappa shape index (κ2) is 8.86. The van der Waals surface area contributed by atoms with Gasteiger partial charge in [0, 0.05) is 24.0 Å². The fraction of sp³-hybridized carbons (Fsp3) is 0.375. The highest BCUT2D eigenvalue weighted by Crippen LogP contribution is 2.41. The van der Waals surface area contributed by atoms with Gasteiger partial charge in [-0.15, -0.1) is 10.2 Å². The summed E-state index contributed by atoms with van der Waals surface area (Å²) in [5.41, 5.74) is 1.56. The molecule has 3 heterocycles. The van der Waals surface area contributed by atoms with Gasteiger partial charge in [0.2, 0.25) is 0 Å². The van der Waals surface area contributed by atoms with Crippen molar-refractivity contribution >= 4 is 22.7 Å². The lowest BCUT2D eigenvalue weighted by molar-refractivity contribution is 0.247. The molecule has 1 aliphatic carbocycles. The lowest BCUT2D eigenvalue weighted by Crippen LogP contribution is -2.23. The van der Waals surface area contributed by atoms with E-state index in [1.807, 2.05) is 43.5 Å². The quantitative estimate of drug-likeness (QED) is 0.425. The first-order valence-corrected chi connectivity index (χ1v) is 12.0. The second-order valence-corrected chi connectivity index (χ2v) is 9.78. The molecule has 0 radical (unpaired) electrons. The Hall–Kier alpha value is -3.00. The highest BCUT2D eigenvalue weighted by atomic mass is 32.2. The zero-order valence-electron chi connectivity index (χ0n) is 18.2. The first-order valence-electron chi connectivity index (χ1n) is 11.1. The highest BCUT2D eigenvalue weighted by Gasteiger charge is 2.29. The molecule has 0 aliphatic heterocycles. The summed E-state index contributed by atoms with van der Waals surface area (Å²) in [6, 6.07) is 11.7. The predicted molar refractivity (Wildman–Crippen MR) is 127 cm³/mol. The van der Waals surface area contributed by atoms with Crippen molar-refractivity contribution in [1.29, 1.82) is 0 Å². The summed E-state index contributed by atoms with van der Waals surface area (Å²) in [5.74, 6) is 2.04. The van der Waals surface area contributed by atoms with Crippen molar-refractivity contribution in [1.82, 2.24) is 29.7 Å². The van der Waals surface area contributed by atoms with Crippen LogP contribution in [0.3, 0.4) is 0 Å². The summed E-state index contributed by atoms with van der Waals surface area (Å²) in [5, 5.41) is 10.5. The van der Waals surface area contributed by atoms with Crippen molar-refractivity contribution in [3.8, 4) is 11.4 Å². The fourth-order valence-electron chi connectivity index (χ4n) is 4.54. The Labute approximate surface area is 190 Å². The molecule has 0 spiro atoms. The van der Waals surface area contributed by atoms with Crippen LogP contribution in [0.5, 0.6) is 0 Å². The van der Waals surface area contributed by atoms with E-state index in [4.69, 9.17) is 4.98 Å². The molecule has 32 heavy (non-hydrogen) atoms. The van der Waals surface area contributed by atoms with Crippen molar-refractivity contribution in [3.05, 3.63) is 65.0 Å². The summed E-state index contributed by atoms with van der Waals surface area (Å²) in [6.45, 7) is 4.36. The van der Waals surface area contributed by atoms with E-state index in [0.29, 0.717) is 28.7 Å². The van der Waals surface area contributed by atoms with E-state index in [9.17, 15) is 4.79 Å². The van der Waals surface area contributed by atoms with Crippen molar-refractivity contribution < 1.29 is 0 Å². The minimum Gasteiger partial charge on any atom is -0.309 e. The van der Waals surface area contributed by atoms with Crippen LogP contribution in [0.4, 0.5) is 0 Å². The SMILES string of the molecule is C[C@@H](Sc1nnc(-c2cccnc2)n1[C@H]1CCCC[C@@H]1C)c1nc2ccccc2c(=O)[nH]1. The second-order valence-electron chi connectivity index (χ2n) is 8.48. The molecule has 0 bridgehead atoms. The number of aromatic amines is 1. The number of aromatic nitrogens is 6.